The quantitative estimate of drug-likeness (QED) is 0.746. The predicted molar refractivity (Wildman–Crippen MR) is 62.5 cm³/mol. The number of nitrogens with one attached hydrogen (secondary N) is 1. The molecule has 0 atom stereocenters. The number of hydrogen-bond donors (Lipinski definition) is 1. The second-order valence-corrected chi connectivity index (χ2v) is 4.48. The SMILES string of the molecule is c1cncc(CNCCC2CCCC2)c1. The third kappa shape index (κ3) is 3.63. The molecule has 2 rings (SSSR count). The zero-order valence-electron chi connectivity index (χ0n) is 9.28. The van der Waals surface area contributed by atoms with Crippen molar-refractivity contribution in [2.75, 3.05) is 6.54 Å². The van der Waals surface area contributed by atoms with E-state index in [-0.39, 0.29) is 0 Å². The van der Waals surface area contributed by atoms with E-state index in [4.69, 9.17) is 0 Å². The van der Waals surface area contributed by atoms with Crippen LogP contribution in [0.4, 0.5) is 0 Å². The molecule has 0 saturated heterocycles. The third-order valence-electron chi connectivity index (χ3n) is 3.26. The number of aromatic nitrogens is 1. The maximum Gasteiger partial charge on any atom is 0.0312 e. The Labute approximate surface area is 92.1 Å². The Morgan fingerprint density at radius 2 is 2.20 bits per heavy atom. The molecule has 2 heteroatoms. The van der Waals surface area contributed by atoms with Gasteiger partial charge in [-0.3, -0.25) is 4.98 Å². The smallest absolute Gasteiger partial charge is 0.0312 e. The summed E-state index contributed by atoms with van der Waals surface area (Å²) in [6.45, 7) is 2.11. The van der Waals surface area contributed by atoms with Gasteiger partial charge in [-0.25, -0.2) is 0 Å². The number of rotatable bonds is 5. The molecule has 1 aliphatic rings. The maximum atomic E-state index is 4.10. The van der Waals surface area contributed by atoms with Crippen molar-refractivity contribution in [2.45, 2.75) is 38.6 Å². The molecular formula is C13H20N2. The second kappa shape index (κ2) is 5.86. The molecule has 0 spiro atoms. The Kier molecular flexibility index (Phi) is 4.15. The number of hydrogen-bond acceptors (Lipinski definition) is 2. The van der Waals surface area contributed by atoms with Gasteiger partial charge in [0.1, 0.15) is 0 Å². The number of nitrogens with zero attached hydrogens (tertiary/aromatic N) is 1. The van der Waals surface area contributed by atoms with Gasteiger partial charge in [0.05, 0.1) is 0 Å². The molecule has 1 heterocycles. The van der Waals surface area contributed by atoms with E-state index in [1.807, 2.05) is 18.5 Å². The lowest BCUT2D eigenvalue weighted by molar-refractivity contribution is 0.477. The minimum Gasteiger partial charge on any atom is -0.313 e. The Balaban J connectivity index is 1.59. The first-order chi connectivity index (χ1) is 7.45. The van der Waals surface area contributed by atoms with Gasteiger partial charge in [0, 0.05) is 18.9 Å². The van der Waals surface area contributed by atoms with Crippen molar-refractivity contribution < 1.29 is 0 Å². The van der Waals surface area contributed by atoms with Gasteiger partial charge >= 0.3 is 0 Å². The highest BCUT2D eigenvalue weighted by atomic mass is 14.8. The van der Waals surface area contributed by atoms with Gasteiger partial charge in [-0.2, -0.15) is 0 Å². The van der Waals surface area contributed by atoms with Crippen LogP contribution in [0.5, 0.6) is 0 Å². The van der Waals surface area contributed by atoms with Crippen molar-refractivity contribution >= 4 is 0 Å². The summed E-state index contributed by atoms with van der Waals surface area (Å²) in [7, 11) is 0. The van der Waals surface area contributed by atoms with Crippen molar-refractivity contribution in [1.29, 1.82) is 0 Å². The van der Waals surface area contributed by atoms with Crippen LogP contribution in [-0.4, -0.2) is 11.5 Å². The molecule has 1 N–H and O–H groups in total. The molecule has 0 bridgehead atoms. The molecule has 0 aromatic carbocycles. The van der Waals surface area contributed by atoms with E-state index in [1.165, 1.54) is 37.7 Å². The maximum absolute atomic E-state index is 4.10. The van der Waals surface area contributed by atoms with Gasteiger partial charge in [0.15, 0.2) is 0 Å². The van der Waals surface area contributed by atoms with E-state index in [0.717, 1.165) is 19.0 Å². The lowest BCUT2D eigenvalue weighted by Gasteiger charge is -2.09. The first-order valence-electron chi connectivity index (χ1n) is 6.05. The highest BCUT2D eigenvalue weighted by Crippen LogP contribution is 2.26. The molecule has 0 aliphatic heterocycles. The van der Waals surface area contributed by atoms with Gasteiger partial charge in [0.25, 0.3) is 0 Å². The van der Waals surface area contributed by atoms with Crippen LogP contribution in [0.3, 0.4) is 0 Å². The first-order valence-corrected chi connectivity index (χ1v) is 6.05. The van der Waals surface area contributed by atoms with E-state index >= 15 is 0 Å². The molecule has 1 aromatic rings. The molecule has 1 aliphatic carbocycles. The molecule has 15 heavy (non-hydrogen) atoms. The van der Waals surface area contributed by atoms with Gasteiger partial charge in [0.2, 0.25) is 0 Å². The van der Waals surface area contributed by atoms with Crippen LogP contribution in [0.15, 0.2) is 24.5 Å². The van der Waals surface area contributed by atoms with Crippen LogP contribution in [0, 0.1) is 5.92 Å². The molecule has 1 aromatic heterocycles. The summed E-state index contributed by atoms with van der Waals surface area (Å²) in [4.78, 5) is 4.10. The largest absolute Gasteiger partial charge is 0.313 e. The molecule has 0 radical (unpaired) electrons. The van der Waals surface area contributed by atoms with Crippen molar-refractivity contribution in [3.05, 3.63) is 30.1 Å². The van der Waals surface area contributed by atoms with Gasteiger partial charge < -0.3 is 5.32 Å². The average molecular weight is 204 g/mol. The zero-order chi connectivity index (χ0) is 10.3. The van der Waals surface area contributed by atoms with Crippen LogP contribution in [-0.2, 0) is 6.54 Å². The predicted octanol–water partition coefficient (Wildman–Crippen LogP) is 2.75. The molecule has 1 fully saturated rings. The normalized spacial score (nSPS) is 17.1. The fraction of sp³-hybridized carbons (Fsp3) is 0.615. The summed E-state index contributed by atoms with van der Waals surface area (Å²) < 4.78 is 0. The fourth-order valence-electron chi connectivity index (χ4n) is 2.34. The average Bonchev–Trinajstić information content (AvgIpc) is 2.79. The summed E-state index contributed by atoms with van der Waals surface area (Å²) in [5, 5.41) is 3.49. The van der Waals surface area contributed by atoms with Crippen molar-refractivity contribution in [3.8, 4) is 0 Å². The minimum atomic E-state index is 0.959. The summed E-state index contributed by atoms with van der Waals surface area (Å²) in [5.41, 5.74) is 1.28. The Bertz CT molecular complexity index is 265. The van der Waals surface area contributed by atoms with Crippen LogP contribution in [0.2, 0.25) is 0 Å². The zero-order valence-corrected chi connectivity index (χ0v) is 9.28. The Hall–Kier alpha value is -0.890. The number of pyridine rings is 1. The molecule has 82 valence electrons. The highest BCUT2D eigenvalue weighted by Gasteiger charge is 2.13. The molecule has 0 unspecified atom stereocenters. The van der Waals surface area contributed by atoms with E-state index in [2.05, 4.69) is 16.4 Å². The van der Waals surface area contributed by atoms with E-state index < -0.39 is 0 Å². The van der Waals surface area contributed by atoms with Crippen molar-refractivity contribution in [3.63, 3.8) is 0 Å². The lowest BCUT2D eigenvalue weighted by atomic mass is 10.0. The van der Waals surface area contributed by atoms with Crippen LogP contribution in [0.1, 0.15) is 37.7 Å². The standard InChI is InChI=1S/C13H20N2/c1-2-5-12(4-1)7-9-15-11-13-6-3-8-14-10-13/h3,6,8,10,12,15H,1-2,4-5,7,9,11H2. The van der Waals surface area contributed by atoms with Gasteiger partial charge in [-0.15, -0.1) is 0 Å². The van der Waals surface area contributed by atoms with E-state index in [9.17, 15) is 0 Å². The lowest BCUT2D eigenvalue weighted by Crippen LogP contribution is -2.17. The first kappa shape index (κ1) is 10.6. The molecule has 0 amide bonds. The monoisotopic (exact) mass is 204 g/mol. The van der Waals surface area contributed by atoms with E-state index in [0.29, 0.717) is 0 Å². The van der Waals surface area contributed by atoms with Gasteiger partial charge in [-0.1, -0.05) is 31.7 Å². The molecule has 1 saturated carbocycles. The Morgan fingerprint density at radius 1 is 1.33 bits per heavy atom. The van der Waals surface area contributed by atoms with Crippen LogP contribution >= 0.6 is 0 Å². The van der Waals surface area contributed by atoms with Crippen molar-refractivity contribution in [1.82, 2.24) is 10.3 Å². The molecular weight excluding hydrogens is 184 g/mol. The summed E-state index contributed by atoms with van der Waals surface area (Å²) >= 11 is 0. The highest BCUT2D eigenvalue weighted by molar-refractivity contribution is 5.07. The van der Waals surface area contributed by atoms with Crippen molar-refractivity contribution in [2.24, 2.45) is 5.92 Å². The van der Waals surface area contributed by atoms with Crippen LogP contribution in [0.25, 0.3) is 0 Å². The third-order valence-corrected chi connectivity index (χ3v) is 3.26. The van der Waals surface area contributed by atoms with Gasteiger partial charge in [-0.05, 0) is 30.5 Å². The fourth-order valence-corrected chi connectivity index (χ4v) is 2.34. The Morgan fingerprint density at radius 3 is 2.93 bits per heavy atom. The summed E-state index contributed by atoms with van der Waals surface area (Å²) in [5.74, 6) is 0.992. The topological polar surface area (TPSA) is 24.9 Å². The summed E-state index contributed by atoms with van der Waals surface area (Å²) in [6.07, 6.45) is 10.9. The second-order valence-electron chi connectivity index (χ2n) is 4.48. The van der Waals surface area contributed by atoms with E-state index in [1.54, 1.807) is 0 Å². The van der Waals surface area contributed by atoms with Crippen LogP contribution < -0.4 is 5.32 Å². The summed E-state index contributed by atoms with van der Waals surface area (Å²) in [6, 6.07) is 4.11. The minimum absolute atomic E-state index is 0.959. The molecule has 2 nitrogen and oxygen atoms in total.